The van der Waals surface area contributed by atoms with Crippen LogP contribution in [0.15, 0.2) is 18.2 Å². The summed E-state index contributed by atoms with van der Waals surface area (Å²) >= 11 is 1.60. The standard InChI is InChI=1S/C20H25N3O2S/c1-13-5-6-14(2)15(10-13)11-23-8-7-16-18(12-23)26-20(21-16)22-19(24)17-4-3-9-25-17/h5-6,10,17H,3-4,7-9,11-12H2,1-2H3,(H,21,22,24). The number of nitrogens with zero attached hydrogens (tertiary/aromatic N) is 2. The molecule has 0 radical (unpaired) electrons. The molecule has 6 heteroatoms. The molecule has 4 rings (SSSR count). The highest BCUT2D eigenvalue weighted by molar-refractivity contribution is 7.15. The van der Waals surface area contributed by atoms with Crippen molar-refractivity contribution >= 4 is 22.4 Å². The molecule has 1 atom stereocenters. The van der Waals surface area contributed by atoms with Crippen molar-refractivity contribution in [2.24, 2.45) is 0 Å². The highest BCUT2D eigenvalue weighted by Crippen LogP contribution is 2.30. The molecule has 1 aromatic carbocycles. The number of fused-ring (bicyclic) bond motifs is 1. The van der Waals surface area contributed by atoms with Gasteiger partial charge in [0.1, 0.15) is 6.10 Å². The first-order valence-corrected chi connectivity index (χ1v) is 10.1. The third-order valence-corrected chi connectivity index (χ3v) is 6.16. The first-order valence-electron chi connectivity index (χ1n) is 9.28. The summed E-state index contributed by atoms with van der Waals surface area (Å²) in [5, 5.41) is 3.66. The highest BCUT2D eigenvalue weighted by Gasteiger charge is 2.26. The number of amides is 1. The number of thiazole rings is 1. The molecule has 1 unspecified atom stereocenters. The predicted molar refractivity (Wildman–Crippen MR) is 103 cm³/mol. The number of anilines is 1. The zero-order chi connectivity index (χ0) is 18.1. The molecule has 0 spiro atoms. The van der Waals surface area contributed by atoms with E-state index in [0.29, 0.717) is 11.7 Å². The number of nitrogens with one attached hydrogen (secondary N) is 1. The molecule has 1 N–H and O–H groups in total. The average Bonchev–Trinajstić information content (AvgIpc) is 3.27. The summed E-state index contributed by atoms with van der Waals surface area (Å²) in [6, 6.07) is 6.65. The minimum absolute atomic E-state index is 0.0548. The lowest BCUT2D eigenvalue weighted by atomic mass is 10.0. The van der Waals surface area contributed by atoms with Crippen molar-refractivity contribution in [2.45, 2.75) is 52.3 Å². The van der Waals surface area contributed by atoms with Gasteiger partial charge in [-0.1, -0.05) is 23.8 Å². The minimum atomic E-state index is -0.309. The lowest BCUT2D eigenvalue weighted by molar-refractivity contribution is -0.124. The van der Waals surface area contributed by atoms with Crippen LogP contribution >= 0.6 is 11.3 Å². The van der Waals surface area contributed by atoms with Crippen LogP contribution < -0.4 is 5.32 Å². The molecule has 1 aromatic heterocycles. The number of ether oxygens (including phenoxy) is 1. The number of carbonyl (C=O) groups is 1. The van der Waals surface area contributed by atoms with Gasteiger partial charge in [-0.05, 0) is 37.8 Å². The van der Waals surface area contributed by atoms with Crippen LogP contribution in [0.2, 0.25) is 0 Å². The van der Waals surface area contributed by atoms with Crippen molar-refractivity contribution in [2.75, 3.05) is 18.5 Å². The number of aromatic nitrogens is 1. The smallest absolute Gasteiger partial charge is 0.255 e. The summed E-state index contributed by atoms with van der Waals surface area (Å²) in [4.78, 5) is 20.6. The van der Waals surface area contributed by atoms with Crippen LogP contribution in [0.4, 0.5) is 5.13 Å². The summed E-state index contributed by atoms with van der Waals surface area (Å²) in [6.07, 6.45) is 2.39. The van der Waals surface area contributed by atoms with E-state index in [1.165, 1.54) is 21.6 Å². The Morgan fingerprint density at radius 1 is 1.42 bits per heavy atom. The van der Waals surface area contributed by atoms with Crippen molar-refractivity contribution in [3.05, 3.63) is 45.5 Å². The van der Waals surface area contributed by atoms with Crippen LogP contribution in [0.3, 0.4) is 0 Å². The Morgan fingerprint density at radius 2 is 2.31 bits per heavy atom. The Kier molecular flexibility index (Phi) is 5.07. The van der Waals surface area contributed by atoms with Gasteiger partial charge in [0.25, 0.3) is 5.91 Å². The third kappa shape index (κ3) is 3.82. The van der Waals surface area contributed by atoms with Gasteiger partial charge in [-0.15, -0.1) is 11.3 Å². The second kappa shape index (κ2) is 7.47. The van der Waals surface area contributed by atoms with E-state index in [1.807, 2.05) is 0 Å². The van der Waals surface area contributed by atoms with Crippen LogP contribution in [-0.2, 0) is 29.0 Å². The molecule has 2 aliphatic heterocycles. The van der Waals surface area contributed by atoms with Gasteiger partial charge < -0.3 is 4.74 Å². The lowest BCUT2D eigenvalue weighted by Gasteiger charge is -2.26. The zero-order valence-corrected chi connectivity index (χ0v) is 16.2. The largest absolute Gasteiger partial charge is 0.368 e. The number of hydrogen-bond donors (Lipinski definition) is 1. The molecule has 0 saturated carbocycles. The molecule has 0 bridgehead atoms. The molecule has 138 valence electrons. The van der Waals surface area contributed by atoms with Gasteiger partial charge in [-0.3, -0.25) is 15.0 Å². The molecule has 3 heterocycles. The summed E-state index contributed by atoms with van der Waals surface area (Å²) < 4.78 is 5.45. The van der Waals surface area contributed by atoms with Gasteiger partial charge in [-0.25, -0.2) is 4.98 Å². The van der Waals surface area contributed by atoms with Gasteiger partial charge >= 0.3 is 0 Å². The second-order valence-corrected chi connectivity index (χ2v) is 8.35. The summed E-state index contributed by atoms with van der Waals surface area (Å²) in [6.45, 7) is 7.86. The van der Waals surface area contributed by atoms with E-state index in [1.54, 1.807) is 11.3 Å². The Hall–Kier alpha value is -1.76. The first kappa shape index (κ1) is 17.6. The van der Waals surface area contributed by atoms with E-state index in [-0.39, 0.29) is 12.0 Å². The molecule has 5 nitrogen and oxygen atoms in total. The van der Waals surface area contributed by atoms with Crippen LogP contribution in [-0.4, -0.2) is 35.0 Å². The maximum Gasteiger partial charge on any atom is 0.255 e. The number of hydrogen-bond acceptors (Lipinski definition) is 5. The van der Waals surface area contributed by atoms with Crippen molar-refractivity contribution in [1.29, 1.82) is 0 Å². The molecule has 1 amide bonds. The number of carbonyl (C=O) groups excluding carboxylic acids is 1. The van der Waals surface area contributed by atoms with Crippen LogP contribution in [0.5, 0.6) is 0 Å². The number of rotatable bonds is 4. The molecule has 1 saturated heterocycles. The lowest BCUT2D eigenvalue weighted by Crippen LogP contribution is -2.29. The molecular weight excluding hydrogens is 346 g/mol. The Bertz CT molecular complexity index is 811. The van der Waals surface area contributed by atoms with E-state index in [0.717, 1.165) is 44.6 Å². The topological polar surface area (TPSA) is 54.5 Å². The molecular formula is C20H25N3O2S. The summed E-state index contributed by atoms with van der Waals surface area (Å²) in [5.74, 6) is -0.0548. The Balaban J connectivity index is 1.41. The molecule has 26 heavy (non-hydrogen) atoms. The average molecular weight is 372 g/mol. The van der Waals surface area contributed by atoms with Gasteiger partial charge in [-0.2, -0.15) is 0 Å². The number of benzene rings is 1. The van der Waals surface area contributed by atoms with Crippen molar-refractivity contribution in [3.8, 4) is 0 Å². The Morgan fingerprint density at radius 3 is 3.12 bits per heavy atom. The monoisotopic (exact) mass is 371 g/mol. The van der Waals surface area contributed by atoms with Crippen LogP contribution in [0.1, 0.15) is 40.1 Å². The zero-order valence-electron chi connectivity index (χ0n) is 15.4. The van der Waals surface area contributed by atoms with Crippen molar-refractivity contribution in [1.82, 2.24) is 9.88 Å². The SMILES string of the molecule is Cc1ccc(C)c(CN2CCc3nc(NC(=O)C4CCCO4)sc3C2)c1. The van der Waals surface area contributed by atoms with Gasteiger partial charge in [0.2, 0.25) is 0 Å². The maximum atomic E-state index is 12.2. The Labute approximate surface area is 158 Å². The summed E-state index contributed by atoms with van der Waals surface area (Å²) in [5.41, 5.74) is 5.18. The minimum Gasteiger partial charge on any atom is -0.368 e. The quantitative estimate of drug-likeness (QED) is 0.895. The fourth-order valence-corrected chi connectivity index (χ4v) is 4.67. The van der Waals surface area contributed by atoms with Gasteiger partial charge in [0.05, 0.1) is 5.69 Å². The number of aryl methyl sites for hydroxylation is 2. The highest BCUT2D eigenvalue weighted by atomic mass is 32.1. The maximum absolute atomic E-state index is 12.2. The van der Waals surface area contributed by atoms with E-state index in [4.69, 9.17) is 4.74 Å². The third-order valence-electron chi connectivity index (χ3n) is 5.16. The van der Waals surface area contributed by atoms with E-state index in [2.05, 4.69) is 47.2 Å². The predicted octanol–water partition coefficient (Wildman–Crippen LogP) is 3.44. The van der Waals surface area contributed by atoms with Crippen LogP contribution in [0, 0.1) is 13.8 Å². The van der Waals surface area contributed by atoms with Crippen molar-refractivity contribution < 1.29 is 9.53 Å². The molecule has 0 aliphatic carbocycles. The van der Waals surface area contributed by atoms with Gasteiger partial charge in [0, 0.05) is 37.5 Å². The molecule has 2 aromatic rings. The molecule has 1 fully saturated rings. The van der Waals surface area contributed by atoms with Crippen molar-refractivity contribution in [3.63, 3.8) is 0 Å². The fourth-order valence-electron chi connectivity index (χ4n) is 3.62. The second-order valence-electron chi connectivity index (χ2n) is 7.27. The normalized spacial score (nSPS) is 20.2. The summed E-state index contributed by atoms with van der Waals surface area (Å²) in [7, 11) is 0. The van der Waals surface area contributed by atoms with E-state index >= 15 is 0 Å². The van der Waals surface area contributed by atoms with E-state index in [9.17, 15) is 4.79 Å². The van der Waals surface area contributed by atoms with E-state index < -0.39 is 0 Å². The fraction of sp³-hybridized carbons (Fsp3) is 0.500. The first-order chi connectivity index (χ1) is 12.6. The van der Waals surface area contributed by atoms with Gasteiger partial charge in [0.15, 0.2) is 5.13 Å². The van der Waals surface area contributed by atoms with Crippen LogP contribution in [0.25, 0.3) is 0 Å². The molecule has 2 aliphatic rings.